The third-order valence-electron chi connectivity index (χ3n) is 5.56. The molecule has 2 atom stereocenters. The van der Waals surface area contributed by atoms with Crippen molar-refractivity contribution < 1.29 is 38.0 Å². The second-order valence-corrected chi connectivity index (χ2v) is 8.60. The molecule has 9 nitrogen and oxygen atoms in total. The lowest BCUT2D eigenvalue weighted by Gasteiger charge is -2.32. The Labute approximate surface area is 216 Å². The maximum absolute atomic E-state index is 13.5. The number of fused-ring (bicyclic) bond motifs is 1. The maximum atomic E-state index is 13.5. The Kier molecular flexibility index (Phi) is 7.54. The van der Waals surface area contributed by atoms with E-state index in [0.29, 0.717) is 50.0 Å². The van der Waals surface area contributed by atoms with E-state index in [4.69, 9.17) is 28.4 Å². The van der Waals surface area contributed by atoms with Crippen LogP contribution in [0.4, 0.5) is 10.5 Å². The number of rotatable bonds is 7. The highest BCUT2D eigenvalue weighted by molar-refractivity contribution is 9.10. The van der Waals surface area contributed by atoms with Gasteiger partial charge in [-0.1, -0.05) is 28.1 Å². The molecule has 0 unspecified atom stereocenters. The predicted molar refractivity (Wildman–Crippen MR) is 135 cm³/mol. The lowest BCUT2D eigenvalue weighted by molar-refractivity contribution is 0.0132. The van der Waals surface area contributed by atoms with Crippen molar-refractivity contribution in [3.63, 3.8) is 0 Å². The van der Waals surface area contributed by atoms with Gasteiger partial charge in [0.15, 0.2) is 17.6 Å². The minimum Gasteiger partial charge on any atom is -0.497 e. The normalized spacial score (nSPS) is 16.3. The van der Waals surface area contributed by atoms with E-state index in [1.54, 1.807) is 54.6 Å². The van der Waals surface area contributed by atoms with Gasteiger partial charge in [-0.2, -0.15) is 0 Å². The summed E-state index contributed by atoms with van der Waals surface area (Å²) >= 11 is 3.37. The van der Waals surface area contributed by atoms with Crippen molar-refractivity contribution in [1.82, 2.24) is 0 Å². The average molecular weight is 558 g/mol. The minimum absolute atomic E-state index is 0.300. The molecule has 4 rings (SSSR count). The molecule has 0 aromatic heterocycles. The van der Waals surface area contributed by atoms with Crippen LogP contribution in [-0.2, 0) is 4.74 Å². The van der Waals surface area contributed by atoms with E-state index in [-0.39, 0.29) is 0 Å². The number of halogens is 1. The zero-order chi connectivity index (χ0) is 25.8. The summed E-state index contributed by atoms with van der Waals surface area (Å²) in [6.07, 6.45) is -3.02. The first kappa shape index (κ1) is 25.2. The number of ketones is 1. The van der Waals surface area contributed by atoms with Gasteiger partial charge in [0.25, 0.3) is 0 Å². The van der Waals surface area contributed by atoms with E-state index in [1.165, 1.54) is 28.4 Å². The van der Waals surface area contributed by atoms with Gasteiger partial charge in [0.05, 0.1) is 39.7 Å². The largest absolute Gasteiger partial charge is 0.497 e. The molecular weight excluding hydrogens is 534 g/mol. The van der Waals surface area contributed by atoms with Crippen molar-refractivity contribution in [1.29, 1.82) is 0 Å². The molecule has 0 aliphatic carbocycles. The number of methoxy groups -OCH3 is 4. The number of ether oxygens (including phenoxy) is 6. The van der Waals surface area contributed by atoms with Gasteiger partial charge in [0.2, 0.25) is 17.6 Å². The van der Waals surface area contributed by atoms with E-state index in [2.05, 4.69) is 21.2 Å². The molecule has 0 saturated carbocycles. The summed E-state index contributed by atoms with van der Waals surface area (Å²) in [6.45, 7) is 0. The van der Waals surface area contributed by atoms with Gasteiger partial charge in [0, 0.05) is 22.2 Å². The highest BCUT2D eigenvalue weighted by Crippen LogP contribution is 2.41. The summed E-state index contributed by atoms with van der Waals surface area (Å²) in [5.41, 5.74) is 1.23. The Balaban J connectivity index is 1.65. The summed E-state index contributed by atoms with van der Waals surface area (Å²) in [5, 5.41) is 2.62. The van der Waals surface area contributed by atoms with Crippen LogP contribution in [-0.4, -0.2) is 46.4 Å². The van der Waals surface area contributed by atoms with Crippen LogP contribution in [0.5, 0.6) is 28.7 Å². The first-order valence-electron chi connectivity index (χ1n) is 10.8. The monoisotopic (exact) mass is 557 g/mol. The van der Waals surface area contributed by atoms with Crippen LogP contribution in [0.25, 0.3) is 0 Å². The number of Topliss-reactive ketones (excluding diaryl/α,β-unsaturated/α-hetero) is 1. The Hall–Kier alpha value is -3.92. The van der Waals surface area contributed by atoms with Gasteiger partial charge in [-0.05, 0) is 30.3 Å². The number of benzene rings is 3. The molecule has 0 saturated heterocycles. The van der Waals surface area contributed by atoms with E-state index < -0.39 is 24.1 Å². The molecule has 1 N–H and O–H groups in total. The molecular formula is C26H24BrNO8. The number of hydrogen-bond acceptors (Lipinski definition) is 8. The molecule has 0 bridgehead atoms. The van der Waals surface area contributed by atoms with Crippen LogP contribution in [0, 0.1) is 0 Å². The van der Waals surface area contributed by atoms with Crippen molar-refractivity contribution in [2.45, 2.75) is 12.2 Å². The van der Waals surface area contributed by atoms with Crippen LogP contribution >= 0.6 is 15.9 Å². The van der Waals surface area contributed by atoms with E-state index in [1.807, 2.05) is 0 Å². The zero-order valence-electron chi connectivity index (χ0n) is 20.0. The molecule has 3 aromatic carbocycles. The molecule has 188 valence electrons. The number of nitrogens with one attached hydrogen (secondary N) is 1. The Morgan fingerprint density at radius 3 is 2.28 bits per heavy atom. The summed E-state index contributed by atoms with van der Waals surface area (Å²) in [5.74, 6) is 1.63. The lowest BCUT2D eigenvalue weighted by atomic mass is 9.93. The summed E-state index contributed by atoms with van der Waals surface area (Å²) in [6, 6.07) is 15.2. The molecule has 1 heterocycles. The minimum atomic E-state index is -1.26. The molecule has 36 heavy (non-hydrogen) atoms. The van der Waals surface area contributed by atoms with Gasteiger partial charge < -0.3 is 28.4 Å². The smallest absolute Gasteiger partial charge is 0.412 e. The fraction of sp³-hybridized carbons (Fsp3) is 0.231. The van der Waals surface area contributed by atoms with E-state index in [9.17, 15) is 9.59 Å². The molecule has 3 aromatic rings. The number of amides is 1. The summed E-state index contributed by atoms with van der Waals surface area (Å²) < 4.78 is 33.8. The molecule has 0 fully saturated rings. The van der Waals surface area contributed by atoms with Crippen molar-refractivity contribution in [3.8, 4) is 28.7 Å². The standard InChI is InChI=1S/C26H24BrNO8/c1-31-17-7-5-6-14(10-17)23-25(22(29)18-11-15(27)8-9-19(18)35-23)36-26(30)28-16-12-20(32-2)24(34-4)21(13-16)33-3/h5-13,23,25H,1-4H3,(H,28,30)/t23-,25+/m0/s1. The van der Waals surface area contributed by atoms with Gasteiger partial charge >= 0.3 is 6.09 Å². The summed E-state index contributed by atoms with van der Waals surface area (Å²) in [7, 11) is 5.94. The topological polar surface area (TPSA) is 102 Å². The fourth-order valence-electron chi connectivity index (χ4n) is 3.88. The van der Waals surface area contributed by atoms with Crippen LogP contribution in [0.1, 0.15) is 22.0 Å². The number of carbonyl (C=O) groups is 2. The maximum Gasteiger partial charge on any atom is 0.412 e. The molecule has 1 aliphatic heterocycles. The average Bonchev–Trinajstić information content (AvgIpc) is 2.89. The number of anilines is 1. The van der Waals surface area contributed by atoms with Gasteiger partial charge in [-0.3, -0.25) is 10.1 Å². The second-order valence-electron chi connectivity index (χ2n) is 7.68. The first-order valence-corrected chi connectivity index (χ1v) is 11.6. The SMILES string of the molecule is COc1cccc([C@@H]2Oc3ccc(Br)cc3C(=O)[C@H]2OC(=O)Nc2cc(OC)c(OC)c(OC)c2)c1. The second kappa shape index (κ2) is 10.8. The zero-order valence-corrected chi connectivity index (χ0v) is 21.6. The van der Waals surface area contributed by atoms with Crippen molar-refractivity contribution in [2.24, 2.45) is 0 Å². The molecule has 0 radical (unpaired) electrons. The first-order chi connectivity index (χ1) is 17.4. The van der Waals surface area contributed by atoms with Crippen LogP contribution in [0.2, 0.25) is 0 Å². The van der Waals surface area contributed by atoms with Crippen molar-refractivity contribution in [3.05, 3.63) is 70.2 Å². The fourth-order valence-corrected chi connectivity index (χ4v) is 4.24. The van der Waals surface area contributed by atoms with Crippen LogP contribution in [0.3, 0.4) is 0 Å². The lowest BCUT2D eigenvalue weighted by Crippen LogP contribution is -2.40. The third-order valence-corrected chi connectivity index (χ3v) is 6.06. The molecule has 1 aliphatic rings. The Morgan fingerprint density at radius 2 is 1.64 bits per heavy atom. The Morgan fingerprint density at radius 1 is 0.917 bits per heavy atom. The van der Waals surface area contributed by atoms with E-state index >= 15 is 0 Å². The quantitative estimate of drug-likeness (QED) is 0.411. The number of carbonyl (C=O) groups excluding carboxylic acids is 2. The molecule has 0 spiro atoms. The Bertz CT molecular complexity index is 1270. The summed E-state index contributed by atoms with van der Waals surface area (Å²) in [4.78, 5) is 26.5. The predicted octanol–water partition coefficient (Wildman–Crippen LogP) is 5.42. The third kappa shape index (κ3) is 5.03. The molecule has 10 heteroatoms. The van der Waals surface area contributed by atoms with Crippen molar-refractivity contribution >= 4 is 33.5 Å². The van der Waals surface area contributed by atoms with Gasteiger partial charge in [-0.15, -0.1) is 0 Å². The van der Waals surface area contributed by atoms with Gasteiger partial charge in [0.1, 0.15) is 11.5 Å². The van der Waals surface area contributed by atoms with E-state index in [0.717, 1.165) is 0 Å². The molecule has 1 amide bonds. The number of hydrogen-bond donors (Lipinski definition) is 1. The van der Waals surface area contributed by atoms with Crippen LogP contribution < -0.4 is 29.0 Å². The highest BCUT2D eigenvalue weighted by atomic mass is 79.9. The highest BCUT2D eigenvalue weighted by Gasteiger charge is 2.41. The van der Waals surface area contributed by atoms with Crippen LogP contribution in [0.15, 0.2) is 59.1 Å². The van der Waals surface area contributed by atoms with Crippen molar-refractivity contribution in [2.75, 3.05) is 33.8 Å². The van der Waals surface area contributed by atoms with Gasteiger partial charge in [-0.25, -0.2) is 4.79 Å².